The van der Waals surface area contributed by atoms with Crippen molar-refractivity contribution < 1.29 is 9.13 Å². The number of anilines is 2. The Hall–Kier alpha value is -1.29. The van der Waals surface area contributed by atoms with E-state index in [-0.39, 0.29) is 5.82 Å². The molecule has 0 aliphatic carbocycles. The average molecular weight is 238 g/mol. The van der Waals surface area contributed by atoms with E-state index in [4.69, 9.17) is 10.5 Å². The van der Waals surface area contributed by atoms with Gasteiger partial charge in [0.2, 0.25) is 0 Å². The Balaban J connectivity index is 1.79. The molecule has 3 N–H and O–H groups in total. The van der Waals surface area contributed by atoms with E-state index in [2.05, 4.69) is 5.32 Å². The zero-order chi connectivity index (χ0) is 12.1. The second-order valence-electron chi connectivity index (χ2n) is 4.50. The Morgan fingerprint density at radius 2 is 2.12 bits per heavy atom. The number of hydrogen-bond acceptors (Lipinski definition) is 3. The van der Waals surface area contributed by atoms with Gasteiger partial charge < -0.3 is 15.8 Å². The molecule has 1 heterocycles. The minimum Gasteiger partial charge on any atom is -0.397 e. The summed E-state index contributed by atoms with van der Waals surface area (Å²) < 4.78 is 18.3. The lowest BCUT2D eigenvalue weighted by Gasteiger charge is -2.22. The molecule has 1 aromatic rings. The zero-order valence-corrected chi connectivity index (χ0v) is 9.92. The first kappa shape index (κ1) is 12.2. The van der Waals surface area contributed by atoms with Crippen LogP contribution < -0.4 is 11.1 Å². The highest BCUT2D eigenvalue weighted by Crippen LogP contribution is 2.21. The quantitative estimate of drug-likeness (QED) is 0.793. The maximum atomic E-state index is 13.0. The fraction of sp³-hybridized carbons (Fsp3) is 0.538. The van der Waals surface area contributed by atoms with Gasteiger partial charge >= 0.3 is 0 Å². The van der Waals surface area contributed by atoms with Gasteiger partial charge in [0.1, 0.15) is 5.82 Å². The lowest BCUT2D eigenvalue weighted by Crippen LogP contribution is -2.18. The molecule has 1 aliphatic heterocycles. The molecular weight excluding hydrogens is 219 g/mol. The number of ether oxygens (including phenoxy) is 1. The van der Waals surface area contributed by atoms with Crippen LogP contribution in [0.2, 0.25) is 0 Å². The van der Waals surface area contributed by atoms with Crippen LogP contribution in [0.4, 0.5) is 15.8 Å². The Labute approximate surface area is 101 Å². The van der Waals surface area contributed by atoms with E-state index in [1.54, 1.807) is 6.07 Å². The van der Waals surface area contributed by atoms with Gasteiger partial charge in [0.15, 0.2) is 0 Å². The highest BCUT2D eigenvalue weighted by molar-refractivity contribution is 5.65. The highest BCUT2D eigenvalue weighted by atomic mass is 19.1. The second-order valence-corrected chi connectivity index (χ2v) is 4.50. The summed E-state index contributed by atoms with van der Waals surface area (Å²) in [6, 6.07) is 4.41. The van der Waals surface area contributed by atoms with Crippen molar-refractivity contribution in [2.75, 3.05) is 30.8 Å². The van der Waals surface area contributed by atoms with Gasteiger partial charge in [-0.2, -0.15) is 0 Å². The molecule has 0 spiro atoms. The highest BCUT2D eigenvalue weighted by Gasteiger charge is 2.13. The fourth-order valence-corrected chi connectivity index (χ4v) is 2.13. The van der Waals surface area contributed by atoms with Gasteiger partial charge in [-0.25, -0.2) is 4.39 Å². The van der Waals surface area contributed by atoms with Crippen molar-refractivity contribution in [3.63, 3.8) is 0 Å². The minimum absolute atomic E-state index is 0.257. The van der Waals surface area contributed by atoms with E-state index in [9.17, 15) is 4.39 Å². The summed E-state index contributed by atoms with van der Waals surface area (Å²) in [5.41, 5.74) is 7.05. The van der Waals surface area contributed by atoms with Crippen molar-refractivity contribution in [1.82, 2.24) is 0 Å². The first-order chi connectivity index (χ1) is 8.25. The van der Waals surface area contributed by atoms with E-state index in [1.165, 1.54) is 12.1 Å². The molecule has 17 heavy (non-hydrogen) atoms. The molecular formula is C13H19FN2O. The van der Waals surface area contributed by atoms with E-state index < -0.39 is 0 Å². The number of benzene rings is 1. The van der Waals surface area contributed by atoms with Gasteiger partial charge in [0, 0.05) is 19.8 Å². The summed E-state index contributed by atoms with van der Waals surface area (Å²) in [4.78, 5) is 0. The molecule has 94 valence electrons. The largest absolute Gasteiger partial charge is 0.397 e. The van der Waals surface area contributed by atoms with Gasteiger partial charge in [0.05, 0.1) is 11.4 Å². The van der Waals surface area contributed by atoms with E-state index >= 15 is 0 Å². The third kappa shape index (κ3) is 3.60. The fourth-order valence-electron chi connectivity index (χ4n) is 2.13. The van der Waals surface area contributed by atoms with Crippen LogP contribution in [0.15, 0.2) is 18.2 Å². The Morgan fingerprint density at radius 3 is 2.88 bits per heavy atom. The number of hydrogen-bond donors (Lipinski definition) is 2. The standard InChI is InChI=1S/C13H19FN2O/c14-11-1-2-12(15)13(9-11)16-6-3-10-4-7-17-8-5-10/h1-2,9-10,16H,3-8,15H2. The number of nitrogens with two attached hydrogens (primary N) is 1. The molecule has 4 heteroatoms. The van der Waals surface area contributed by atoms with Gasteiger partial charge in [-0.3, -0.25) is 0 Å². The van der Waals surface area contributed by atoms with Crippen molar-refractivity contribution >= 4 is 11.4 Å². The Kier molecular flexibility index (Phi) is 4.20. The molecule has 3 nitrogen and oxygen atoms in total. The van der Waals surface area contributed by atoms with Crippen LogP contribution >= 0.6 is 0 Å². The maximum absolute atomic E-state index is 13.0. The predicted octanol–water partition coefficient (Wildman–Crippen LogP) is 2.64. The summed E-state index contributed by atoms with van der Waals surface area (Å²) in [5.74, 6) is 0.457. The van der Waals surface area contributed by atoms with Gasteiger partial charge in [-0.05, 0) is 43.4 Å². The average Bonchev–Trinajstić information content (AvgIpc) is 2.35. The molecule has 0 saturated carbocycles. The van der Waals surface area contributed by atoms with Crippen molar-refractivity contribution in [2.24, 2.45) is 5.92 Å². The monoisotopic (exact) mass is 238 g/mol. The molecule has 0 unspecified atom stereocenters. The van der Waals surface area contributed by atoms with Gasteiger partial charge in [0.25, 0.3) is 0 Å². The third-order valence-corrected chi connectivity index (χ3v) is 3.22. The molecule has 0 bridgehead atoms. The maximum Gasteiger partial charge on any atom is 0.125 e. The number of nitrogens with one attached hydrogen (secondary N) is 1. The summed E-state index contributed by atoms with van der Waals surface area (Å²) in [7, 11) is 0. The van der Waals surface area contributed by atoms with E-state index in [1.807, 2.05) is 0 Å². The lowest BCUT2D eigenvalue weighted by atomic mass is 9.97. The van der Waals surface area contributed by atoms with E-state index in [0.717, 1.165) is 39.0 Å². The van der Waals surface area contributed by atoms with Crippen molar-refractivity contribution in [3.8, 4) is 0 Å². The molecule has 1 aliphatic rings. The van der Waals surface area contributed by atoms with Crippen LogP contribution in [-0.4, -0.2) is 19.8 Å². The van der Waals surface area contributed by atoms with Crippen LogP contribution in [0, 0.1) is 11.7 Å². The summed E-state index contributed by atoms with van der Waals surface area (Å²) >= 11 is 0. The van der Waals surface area contributed by atoms with Gasteiger partial charge in [-0.1, -0.05) is 0 Å². The van der Waals surface area contributed by atoms with E-state index in [0.29, 0.717) is 17.3 Å². The van der Waals surface area contributed by atoms with Crippen LogP contribution in [0.1, 0.15) is 19.3 Å². The summed E-state index contributed by atoms with van der Waals surface area (Å²) in [5, 5.41) is 3.20. The van der Waals surface area contributed by atoms with Crippen LogP contribution in [0.5, 0.6) is 0 Å². The Morgan fingerprint density at radius 1 is 1.35 bits per heavy atom. The predicted molar refractivity (Wildman–Crippen MR) is 67.5 cm³/mol. The molecule has 0 radical (unpaired) electrons. The normalized spacial score (nSPS) is 17.0. The topological polar surface area (TPSA) is 47.3 Å². The van der Waals surface area contributed by atoms with Crippen LogP contribution in [0.25, 0.3) is 0 Å². The van der Waals surface area contributed by atoms with Gasteiger partial charge in [-0.15, -0.1) is 0 Å². The zero-order valence-electron chi connectivity index (χ0n) is 9.92. The van der Waals surface area contributed by atoms with Crippen LogP contribution in [0.3, 0.4) is 0 Å². The first-order valence-corrected chi connectivity index (χ1v) is 6.12. The molecule has 0 amide bonds. The number of halogens is 1. The lowest BCUT2D eigenvalue weighted by molar-refractivity contribution is 0.0649. The number of nitrogen functional groups attached to an aromatic ring is 1. The van der Waals surface area contributed by atoms with Crippen molar-refractivity contribution in [1.29, 1.82) is 0 Å². The Bertz CT molecular complexity index is 364. The van der Waals surface area contributed by atoms with Crippen molar-refractivity contribution in [3.05, 3.63) is 24.0 Å². The minimum atomic E-state index is -0.257. The molecule has 0 atom stereocenters. The first-order valence-electron chi connectivity index (χ1n) is 6.12. The molecule has 2 rings (SSSR count). The second kappa shape index (κ2) is 5.87. The third-order valence-electron chi connectivity index (χ3n) is 3.22. The molecule has 1 fully saturated rings. The summed E-state index contributed by atoms with van der Waals surface area (Å²) in [6.45, 7) is 2.57. The summed E-state index contributed by atoms with van der Waals surface area (Å²) in [6.07, 6.45) is 3.33. The van der Waals surface area contributed by atoms with Crippen molar-refractivity contribution in [2.45, 2.75) is 19.3 Å². The molecule has 1 aromatic carbocycles. The SMILES string of the molecule is Nc1ccc(F)cc1NCCC1CCOCC1. The smallest absolute Gasteiger partial charge is 0.125 e. The molecule has 0 aromatic heterocycles. The van der Waals surface area contributed by atoms with Crippen LogP contribution in [-0.2, 0) is 4.74 Å². The number of rotatable bonds is 4. The molecule has 1 saturated heterocycles.